The fourth-order valence-electron chi connectivity index (χ4n) is 1.57. The van der Waals surface area contributed by atoms with Crippen molar-refractivity contribution in [1.82, 2.24) is 5.32 Å². The summed E-state index contributed by atoms with van der Waals surface area (Å²) in [7, 11) is 0. The monoisotopic (exact) mass is 245 g/mol. The topological polar surface area (TPSA) is 58.6 Å². The number of rotatable bonds is 11. The molecule has 0 atom stereocenters. The van der Waals surface area contributed by atoms with Gasteiger partial charge in [-0.05, 0) is 44.7 Å². The van der Waals surface area contributed by atoms with E-state index in [9.17, 15) is 4.79 Å². The van der Waals surface area contributed by atoms with Crippen molar-refractivity contribution in [2.75, 3.05) is 26.3 Å². The van der Waals surface area contributed by atoms with Crippen molar-refractivity contribution in [2.24, 2.45) is 5.41 Å². The zero-order valence-electron chi connectivity index (χ0n) is 11.4. The number of ether oxygens (including phenoxy) is 1. The van der Waals surface area contributed by atoms with Gasteiger partial charge >= 0.3 is 5.97 Å². The summed E-state index contributed by atoms with van der Waals surface area (Å²) in [6.07, 6.45) is 3.04. The van der Waals surface area contributed by atoms with E-state index in [1.54, 1.807) is 0 Å². The number of carbonyl (C=O) groups is 1. The lowest BCUT2D eigenvalue weighted by Crippen LogP contribution is -2.24. The minimum absolute atomic E-state index is 0.102. The molecule has 0 radical (unpaired) electrons. The second kappa shape index (κ2) is 9.42. The smallest absolute Gasteiger partial charge is 0.303 e. The highest BCUT2D eigenvalue weighted by molar-refractivity contribution is 5.66. The molecule has 0 aromatic rings. The van der Waals surface area contributed by atoms with E-state index in [2.05, 4.69) is 19.2 Å². The van der Waals surface area contributed by atoms with Crippen LogP contribution in [0.2, 0.25) is 0 Å². The van der Waals surface area contributed by atoms with E-state index in [1.807, 2.05) is 6.92 Å². The van der Waals surface area contributed by atoms with Gasteiger partial charge in [-0.15, -0.1) is 0 Å². The third kappa shape index (κ3) is 11.6. The molecule has 0 aromatic carbocycles. The SMILES string of the molecule is CCOCCCNCCC(C)(C)CCC(=O)O. The Hall–Kier alpha value is -0.610. The van der Waals surface area contributed by atoms with E-state index in [1.165, 1.54) is 0 Å². The van der Waals surface area contributed by atoms with Crippen LogP contribution in [-0.4, -0.2) is 37.4 Å². The standard InChI is InChI=1S/C13H27NO3/c1-4-17-11-5-9-14-10-8-13(2,3)7-6-12(15)16/h14H,4-11H2,1-3H3,(H,15,16). The Bertz CT molecular complexity index is 205. The van der Waals surface area contributed by atoms with Gasteiger partial charge in [-0.25, -0.2) is 0 Å². The summed E-state index contributed by atoms with van der Waals surface area (Å²) in [5.74, 6) is -0.706. The van der Waals surface area contributed by atoms with E-state index in [4.69, 9.17) is 9.84 Å². The summed E-state index contributed by atoms with van der Waals surface area (Å²) >= 11 is 0. The van der Waals surface area contributed by atoms with Gasteiger partial charge in [0.15, 0.2) is 0 Å². The fourth-order valence-corrected chi connectivity index (χ4v) is 1.57. The molecule has 4 nitrogen and oxygen atoms in total. The van der Waals surface area contributed by atoms with Crippen LogP contribution >= 0.6 is 0 Å². The van der Waals surface area contributed by atoms with Crippen LogP contribution in [0.5, 0.6) is 0 Å². The largest absolute Gasteiger partial charge is 0.481 e. The maximum Gasteiger partial charge on any atom is 0.303 e. The number of carboxylic acid groups (broad SMARTS) is 1. The van der Waals surface area contributed by atoms with Gasteiger partial charge in [0.25, 0.3) is 0 Å². The van der Waals surface area contributed by atoms with Crippen molar-refractivity contribution in [3.8, 4) is 0 Å². The van der Waals surface area contributed by atoms with Crippen LogP contribution in [0.1, 0.15) is 46.5 Å². The molecule has 0 amide bonds. The zero-order chi connectivity index (χ0) is 13.1. The zero-order valence-corrected chi connectivity index (χ0v) is 11.4. The first kappa shape index (κ1) is 16.4. The van der Waals surface area contributed by atoms with Gasteiger partial charge in [0.2, 0.25) is 0 Å². The molecule has 102 valence electrons. The van der Waals surface area contributed by atoms with Crippen LogP contribution in [0.25, 0.3) is 0 Å². The van der Waals surface area contributed by atoms with Crippen molar-refractivity contribution >= 4 is 5.97 Å². The molecule has 0 heterocycles. The molecule has 0 saturated heterocycles. The van der Waals surface area contributed by atoms with Gasteiger partial charge in [-0.1, -0.05) is 13.8 Å². The molecule has 0 aliphatic heterocycles. The van der Waals surface area contributed by atoms with Crippen molar-refractivity contribution in [3.63, 3.8) is 0 Å². The Morgan fingerprint density at radius 2 is 2.00 bits per heavy atom. The number of hydrogen-bond acceptors (Lipinski definition) is 3. The lowest BCUT2D eigenvalue weighted by atomic mass is 9.84. The van der Waals surface area contributed by atoms with Crippen LogP contribution in [0.3, 0.4) is 0 Å². The summed E-state index contributed by atoms with van der Waals surface area (Å²) in [5, 5.41) is 12.0. The molecule has 2 N–H and O–H groups in total. The van der Waals surface area contributed by atoms with Gasteiger partial charge < -0.3 is 15.2 Å². The number of nitrogens with one attached hydrogen (secondary N) is 1. The second-order valence-electron chi connectivity index (χ2n) is 5.11. The number of aliphatic carboxylic acids is 1. The highest BCUT2D eigenvalue weighted by Gasteiger charge is 2.18. The lowest BCUT2D eigenvalue weighted by Gasteiger charge is -2.23. The lowest BCUT2D eigenvalue weighted by molar-refractivity contribution is -0.137. The van der Waals surface area contributed by atoms with Crippen LogP contribution in [0.15, 0.2) is 0 Å². The summed E-state index contributed by atoms with van der Waals surface area (Å²) in [6, 6.07) is 0. The molecule has 0 saturated carbocycles. The first-order chi connectivity index (χ1) is 7.98. The van der Waals surface area contributed by atoms with Gasteiger partial charge in [0, 0.05) is 19.6 Å². The molecule has 4 heteroatoms. The highest BCUT2D eigenvalue weighted by Crippen LogP contribution is 2.25. The fraction of sp³-hybridized carbons (Fsp3) is 0.923. The molecule has 17 heavy (non-hydrogen) atoms. The van der Waals surface area contributed by atoms with E-state index >= 15 is 0 Å². The van der Waals surface area contributed by atoms with Crippen LogP contribution in [0.4, 0.5) is 0 Å². The summed E-state index contributed by atoms with van der Waals surface area (Å²) in [6.45, 7) is 9.75. The molecule has 0 aliphatic carbocycles. The normalized spacial score (nSPS) is 11.7. The summed E-state index contributed by atoms with van der Waals surface area (Å²) in [4.78, 5) is 10.5. The number of hydrogen-bond donors (Lipinski definition) is 2. The van der Waals surface area contributed by atoms with Crippen molar-refractivity contribution in [1.29, 1.82) is 0 Å². The Balaban J connectivity index is 3.42. The Morgan fingerprint density at radius 3 is 2.59 bits per heavy atom. The van der Waals surface area contributed by atoms with Crippen molar-refractivity contribution in [2.45, 2.75) is 46.5 Å². The van der Waals surface area contributed by atoms with Crippen molar-refractivity contribution < 1.29 is 14.6 Å². The summed E-state index contributed by atoms with van der Waals surface area (Å²) < 4.78 is 5.24. The molecule has 0 aliphatic rings. The Kier molecular flexibility index (Phi) is 9.09. The first-order valence-electron chi connectivity index (χ1n) is 6.48. The average molecular weight is 245 g/mol. The van der Waals surface area contributed by atoms with Crippen LogP contribution in [0, 0.1) is 5.41 Å². The Morgan fingerprint density at radius 1 is 1.29 bits per heavy atom. The Labute approximate surface area is 105 Å². The first-order valence-corrected chi connectivity index (χ1v) is 6.48. The highest BCUT2D eigenvalue weighted by atomic mass is 16.5. The maximum atomic E-state index is 10.5. The molecule has 0 fully saturated rings. The average Bonchev–Trinajstić information content (AvgIpc) is 2.25. The van der Waals surface area contributed by atoms with Gasteiger partial charge in [-0.2, -0.15) is 0 Å². The second-order valence-corrected chi connectivity index (χ2v) is 5.11. The number of carboxylic acids is 1. The van der Waals surface area contributed by atoms with E-state index < -0.39 is 5.97 Å². The molecule has 0 bridgehead atoms. The minimum atomic E-state index is -0.706. The minimum Gasteiger partial charge on any atom is -0.481 e. The third-order valence-corrected chi connectivity index (χ3v) is 2.84. The van der Waals surface area contributed by atoms with Crippen LogP contribution in [-0.2, 0) is 9.53 Å². The molecular formula is C13H27NO3. The van der Waals surface area contributed by atoms with E-state index in [0.717, 1.165) is 45.6 Å². The van der Waals surface area contributed by atoms with Gasteiger partial charge in [0.1, 0.15) is 0 Å². The molecular weight excluding hydrogens is 218 g/mol. The quantitative estimate of drug-likeness (QED) is 0.548. The van der Waals surface area contributed by atoms with E-state index in [0.29, 0.717) is 0 Å². The molecule has 0 rings (SSSR count). The molecule has 0 aromatic heterocycles. The third-order valence-electron chi connectivity index (χ3n) is 2.84. The predicted octanol–water partition coefficient (Wildman–Crippen LogP) is 2.28. The maximum absolute atomic E-state index is 10.5. The van der Waals surface area contributed by atoms with Gasteiger partial charge in [0.05, 0.1) is 0 Å². The molecule has 0 spiro atoms. The van der Waals surface area contributed by atoms with Crippen molar-refractivity contribution in [3.05, 3.63) is 0 Å². The molecule has 0 unspecified atom stereocenters. The predicted molar refractivity (Wildman–Crippen MR) is 69.2 cm³/mol. The van der Waals surface area contributed by atoms with E-state index in [-0.39, 0.29) is 11.8 Å². The van der Waals surface area contributed by atoms with Crippen LogP contribution < -0.4 is 5.32 Å². The van der Waals surface area contributed by atoms with Gasteiger partial charge in [-0.3, -0.25) is 4.79 Å². The summed E-state index contributed by atoms with van der Waals surface area (Å²) in [5.41, 5.74) is 0.102.